The first-order valence-electron chi connectivity index (χ1n) is 4.19. The van der Waals surface area contributed by atoms with E-state index >= 15 is 0 Å². The zero-order chi connectivity index (χ0) is 10.8. The first kappa shape index (κ1) is 9.26. The molecule has 0 saturated carbocycles. The van der Waals surface area contributed by atoms with Crippen molar-refractivity contribution in [2.24, 2.45) is 0 Å². The Labute approximate surface area is 85.0 Å². The first-order chi connectivity index (χ1) is 7.16. The summed E-state index contributed by atoms with van der Waals surface area (Å²) >= 11 is 0. The lowest BCUT2D eigenvalue weighted by Gasteiger charge is -2.18. The maximum absolute atomic E-state index is 11.3. The van der Waals surface area contributed by atoms with E-state index in [1.807, 2.05) is 0 Å². The molecule has 0 aromatic heterocycles. The molecule has 5 heteroatoms. The quantitative estimate of drug-likeness (QED) is 0.406. The lowest BCUT2D eigenvalue weighted by Crippen LogP contribution is -2.23. The van der Waals surface area contributed by atoms with E-state index in [0.717, 1.165) is 6.08 Å². The Morgan fingerprint density at radius 2 is 2.13 bits per heavy atom. The van der Waals surface area contributed by atoms with Gasteiger partial charge in [0.1, 0.15) is 5.70 Å². The van der Waals surface area contributed by atoms with Crippen LogP contribution in [0.2, 0.25) is 0 Å². The molecule has 15 heavy (non-hydrogen) atoms. The molecule has 0 spiro atoms. The van der Waals surface area contributed by atoms with Crippen molar-refractivity contribution >= 4 is 17.6 Å². The van der Waals surface area contributed by atoms with E-state index in [1.165, 1.54) is 0 Å². The topological polar surface area (TPSA) is 75.6 Å². The molecule has 0 amide bonds. The predicted octanol–water partition coefficient (Wildman–Crippen LogP) is 0.986. The summed E-state index contributed by atoms with van der Waals surface area (Å²) in [6.07, 6.45) is 0.776. The van der Waals surface area contributed by atoms with Crippen molar-refractivity contribution in [1.29, 1.82) is 0 Å². The fraction of sp³-hybridized carbons (Fsp3) is 0. The molecule has 1 aromatic carbocycles. The van der Waals surface area contributed by atoms with E-state index in [4.69, 9.17) is 9.84 Å². The number of nitrogens with one attached hydrogen (secondary N) is 1. The molecule has 0 bridgehead atoms. The summed E-state index contributed by atoms with van der Waals surface area (Å²) in [7, 11) is 0. The number of carboxylic acids is 1. The number of aliphatic carboxylic acids is 1. The van der Waals surface area contributed by atoms with Crippen LogP contribution in [0.4, 0.5) is 5.69 Å². The molecule has 1 heterocycles. The predicted molar refractivity (Wildman–Crippen MR) is 51.4 cm³/mol. The normalized spacial score (nSPS) is 16.5. The number of hydrogen-bond acceptors (Lipinski definition) is 4. The van der Waals surface area contributed by atoms with E-state index in [-0.39, 0.29) is 5.70 Å². The van der Waals surface area contributed by atoms with Gasteiger partial charge in [-0.25, -0.2) is 9.59 Å². The lowest BCUT2D eigenvalue weighted by atomic mass is 10.2. The van der Waals surface area contributed by atoms with Crippen LogP contribution in [0.25, 0.3) is 0 Å². The highest BCUT2D eigenvalue weighted by molar-refractivity contribution is 6.01. The zero-order valence-corrected chi connectivity index (χ0v) is 7.56. The molecule has 1 aromatic rings. The highest BCUT2D eigenvalue weighted by Gasteiger charge is 2.22. The third kappa shape index (κ3) is 1.80. The molecular weight excluding hydrogens is 198 g/mol. The number of rotatable bonds is 1. The van der Waals surface area contributed by atoms with Gasteiger partial charge in [-0.2, -0.15) is 0 Å². The summed E-state index contributed by atoms with van der Waals surface area (Å²) in [6, 6.07) is 6.79. The number of esters is 1. The lowest BCUT2D eigenvalue weighted by molar-refractivity contribution is -0.133. The van der Waals surface area contributed by atoms with Crippen LogP contribution in [-0.4, -0.2) is 17.0 Å². The molecule has 2 rings (SSSR count). The molecular formula is C10H7NO4. The Kier molecular flexibility index (Phi) is 2.13. The second-order valence-electron chi connectivity index (χ2n) is 2.91. The van der Waals surface area contributed by atoms with Gasteiger partial charge in [-0.1, -0.05) is 12.1 Å². The monoisotopic (exact) mass is 205 g/mol. The molecule has 2 N–H and O–H groups in total. The van der Waals surface area contributed by atoms with Gasteiger partial charge in [0.2, 0.25) is 0 Å². The van der Waals surface area contributed by atoms with E-state index in [2.05, 4.69) is 5.32 Å². The van der Waals surface area contributed by atoms with Crippen molar-refractivity contribution in [3.05, 3.63) is 36.0 Å². The van der Waals surface area contributed by atoms with Crippen LogP contribution < -0.4 is 10.1 Å². The number of carbonyl (C=O) groups is 2. The third-order valence-electron chi connectivity index (χ3n) is 1.85. The smallest absolute Gasteiger partial charge is 0.360 e. The van der Waals surface area contributed by atoms with Gasteiger partial charge >= 0.3 is 11.9 Å². The van der Waals surface area contributed by atoms with Crippen LogP contribution in [0.15, 0.2) is 36.0 Å². The SMILES string of the molecule is O=C(O)/C=C1\Nc2ccccc2OC1=O. The summed E-state index contributed by atoms with van der Waals surface area (Å²) in [4.78, 5) is 21.7. The number of para-hydroxylation sites is 2. The number of benzene rings is 1. The van der Waals surface area contributed by atoms with Gasteiger partial charge in [0, 0.05) is 0 Å². The van der Waals surface area contributed by atoms with E-state index < -0.39 is 11.9 Å². The Bertz CT molecular complexity index is 464. The van der Waals surface area contributed by atoms with Crippen LogP contribution in [0.3, 0.4) is 0 Å². The number of carbonyl (C=O) groups excluding carboxylic acids is 1. The number of ether oxygens (including phenoxy) is 1. The Morgan fingerprint density at radius 1 is 1.40 bits per heavy atom. The average Bonchev–Trinajstić information content (AvgIpc) is 2.18. The van der Waals surface area contributed by atoms with Gasteiger partial charge in [0.25, 0.3) is 0 Å². The molecule has 1 aliphatic rings. The van der Waals surface area contributed by atoms with E-state index in [1.54, 1.807) is 24.3 Å². The molecule has 0 atom stereocenters. The third-order valence-corrected chi connectivity index (χ3v) is 1.85. The summed E-state index contributed by atoms with van der Waals surface area (Å²) in [5.41, 5.74) is 0.491. The number of fused-ring (bicyclic) bond motifs is 1. The van der Waals surface area contributed by atoms with Crippen molar-refractivity contribution < 1.29 is 19.4 Å². The second kappa shape index (κ2) is 3.45. The van der Waals surface area contributed by atoms with Gasteiger partial charge in [-0.3, -0.25) is 0 Å². The van der Waals surface area contributed by atoms with Crippen molar-refractivity contribution in [1.82, 2.24) is 0 Å². The summed E-state index contributed by atoms with van der Waals surface area (Å²) in [5, 5.41) is 11.2. The van der Waals surface area contributed by atoms with Crippen LogP contribution in [0.1, 0.15) is 0 Å². The highest BCUT2D eigenvalue weighted by Crippen LogP contribution is 2.29. The van der Waals surface area contributed by atoms with Crippen molar-refractivity contribution in [2.45, 2.75) is 0 Å². The number of anilines is 1. The van der Waals surface area contributed by atoms with Gasteiger partial charge in [0.15, 0.2) is 5.75 Å². The summed E-state index contributed by atoms with van der Waals surface area (Å²) in [6.45, 7) is 0. The van der Waals surface area contributed by atoms with Crippen LogP contribution in [-0.2, 0) is 9.59 Å². The minimum Gasteiger partial charge on any atom is -0.478 e. The Morgan fingerprint density at radius 3 is 2.87 bits per heavy atom. The molecule has 76 valence electrons. The molecule has 0 radical (unpaired) electrons. The number of hydrogen-bond donors (Lipinski definition) is 2. The van der Waals surface area contributed by atoms with E-state index in [0.29, 0.717) is 11.4 Å². The van der Waals surface area contributed by atoms with Crippen LogP contribution in [0.5, 0.6) is 5.75 Å². The van der Waals surface area contributed by atoms with Crippen molar-refractivity contribution in [2.75, 3.05) is 5.32 Å². The zero-order valence-electron chi connectivity index (χ0n) is 7.56. The first-order valence-corrected chi connectivity index (χ1v) is 4.19. The minimum atomic E-state index is -1.20. The molecule has 0 fully saturated rings. The van der Waals surface area contributed by atoms with Gasteiger partial charge < -0.3 is 15.2 Å². The highest BCUT2D eigenvalue weighted by atomic mass is 16.5. The Balaban J connectivity index is 2.38. The van der Waals surface area contributed by atoms with Gasteiger partial charge in [-0.15, -0.1) is 0 Å². The standard InChI is InChI=1S/C10H7NO4/c12-9(13)5-7-10(14)15-8-4-2-1-3-6(8)11-7/h1-5,11H,(H,12,13)/b7-5-. The molecule has 5 nitrogen and oxygen atoms in total. The van der Waals surface area contributed by atoms with Gasteiger partial charge in [0.05, 0.1) is 11.8 Å². The van der Waals surface area contributed by atoms with E-state index in [9.17, 15) is 9.59 Å². The van der Waals surface area contributed by atoms with Gasteiger partial charge in [-0.05, 0) is 12.1 Å². The summed E-state index contributed by atoms with van der Waals surface area (Å²) in [5.74, 6) is -1.50. The second-order valence-corrected chi connectivity index (χ2v) is 2.91. The Hall–Kier alpha value is -2.30. The van der Waals surface area contributed by atoms with Crippen LogP contribution >= 0.6 is 0 Å². The fourth-order valence-electron chi connectivity index (χ4n) is 1.23. The molecule has 1 aliphatic heterocycles. The minimum absolute atomic E-state index is 0.0822. The maximum Gasteiger partial charge on any atom is 0.360 e. The molecule has 0 saturated heterocycles. The maximum atomic E-state index is 11.3. The fourth-order valence-corrected chi connectivity index (χ4v) is 1.23. The average molecular weight is 205 g/mol. The van der Waals surface area contributed by atoms with Crippen LogP contribution in [0, 0.1) is 0 Å². The largest absolute Gasteiger partial charge is 0.478 e. The molecule has 0 unspecified atom stereocenters. The molecule has 0 aliphatic carbocycles. The summed E-state index contributed by atoms with van der Waals surface area (Å²) < 4.78 is 4.91. The van der Waals surface area contributed by atoms with Crippen molar-refractivity contribution in [3.8, 4) is 5.75 Å². The number of carboxylic acid groups (broad SMARTS) is 1. The van der Waals surface area contributed by atoms with Crippen molar-refractivity contribution in [3.63, 3.8) is 0 Å².